The fraction of sp³-hybridized carbons (Fsp3) is 0.625. The van der Waals surface area contributed by atoms with Gasteiger partial charge in [0.1, 0.15) is 0 Å². The molecule has 114 valence electrons. The summed E-state index contributed by atoms with van der Waals surface area (Å²) in [6.07, 6.45) is 7.89. The van der Waals surface area contributed by atoms with Crippen molar-refractivity contribution >= 4 is 5.95 Å². The van der Waals surface area contributed by atoms with Gasteiger partial charge in [-0.25, -0.2) is 4.98 Å². The summed E-state index contributed by atoms with van der Waals surface area (Å²) in [4.78, 5) is 13.6. The van der Waals surface area contributed by atoms with Crippen molar-refractivity contribution in [2.75, 3.05) is 44.7 Å². The molecule has 1 aromatic rings. The third kappa shape index (κ3) is 3.02. The monoisotopic (exact) mass is 288 g/mol. The zero-order valence-electron chi connectivity index (χ0n) is 12.8. The minimum atomic E-state index is 0.384. The molecule has 0 bridgehead atoms. The average Bonchev–Trinajstić information content (AvgIpc) is 2.51. The van der Waals surface area contributed by atoms with Gasteiger partial charge in [-0.15, -0.1) is 6.58 Å². The van der Waals surface area contributed by atoms with Gasteiger partial charge in [0.25, 0.3) is 0 Å². The summed E-state index contributed by atoms with van der Waals surface area (Å²) in [7, 11) is 1.64. The molecule has 0 spiro atoms. The van der Waals surface area contributed by atoms with E-state index < -0.39 is 0 Å². The fourth-order valence-electron chi connectivity index (χ4n) is 3.21. The first-order valence-corrected chi connectivity index (χ1v) is 7.73. The second-order valence-corrected chi connectivity index (χ2v) is 6.08. The molecule has 5 nitrogen and oxygen atoms in total. The van der Waals surface area contributed by atoms with Gasteiger partial charge in [-0.2, -0.15) is 4.98 Å². The van der Waals surface area contributed by atoms with E-state index in [4.69, 9.17) is 4.74 Å². The number of hydrogen-bond acceptors (Lipinski definition) is 5. The second kappa shape index (κ2) is 6.02. The van der Waals surface area contributed by atoms with Gasteiger partial charge in [-0.1, -0.05) is 12.5 Å². The normalized spacial score (nSPS) is 21.7. The smallest absolute Gasteiger partial charge is 0.228 e. The van der Waals surface area contributed by atoms with Crippen LogP contribution in [0.3, 0.4) is 0 Å². The molecule has 2 heterocycles. The van der Waals surface area contributed by atoms with Gasteiger partial charge >= 0.3 is 0 Å². The van der Waals surface area contributed by atoms with E-state index in [1.807, 2.05) is 0 Å². The van der Waals surface area contributed by atoms with Crippen molar-refractivity contribution in [2.45, 2.75) is 19.3 Å². The quantitative estimate of drug-likeness (QED) is 0.775. The Morgan fingerprint density at radius 2 is 2.10 bits per heavy atom. The van der Waals surface area contributed by atoms with Gasteiger partial charge in [0, 0.05) is 50.4 Å². The average molecular weight is 288 g/mol. The molecule has 1 saturated carbocycles. The molecule has 1 saturated heterocycles. The van der Waals surface area contributed by atoms with Crippen molar-refractivity contribution < 1.29 is 4.74 Å². The maximum atomic E-state index is 5.17. The molecule has 2 fully saturated rings. The lowest BCUT2D eigenvalue weighted by atomic mass is 9.68. The highest BCUT2D eigenvalue weighted by molar-refractivity contribution is 5.32. The van der Waals surface area contributed by atoms with E-state index in [2.05, 4.69) is 32.4 Å². The second-order valence-electron chi connectivity index (χ2n) is 6.08. The molecule has 0 radical (unpaired) electrons. The van der Waals surface area contributed by atoms with Gasteiger partial charge in [0.05, 0.1) is 7.11 Å². The third-order valence-electron chi connectivity index (χ3n) is 4.80. The Morgan fingerprint density at radius 3 is 2.67 bits per heavy atom. The number of nitrogens with zero attached hydrogens (tertiary/aromatic N) is 4. The lowest BCUT2D eigenvalue weighted by molar-refractivity contribution is 0.109. The van der Waals surface area contributed by atoms with Crippen LogP contribution < -0.4 is 9.64 Å². The molecule has 1 aliphatic carbocycles. The number of anilines is 1. The van der Waals surface area contributed by atoms with E-state index >= 15 is 0 Å². The predicted octanol–water partition coefficient (Wildman–Crippen LogP) is 1.96. The first kappa shape index (κ1) is 14.3. The van der Waals surface area contributed by atoms with Crippen molar-refractivity contribution in [2.24, 2.45) is 5.41 Å². The van der Waals surface area contributed by atoms with Crippen LogP contribution in [0.2, 0.25) is 0 Å². The molecule has 1 aromatic heterocycles. The van der Waals surface area contributed by atoms with Gasteiger partial charge in [0.15, 0.2) is 0 Å². The van der Waals surface area contributed by atoms with E-state index in [1.54, 1.807) is 19.4 Å². The highest BCUT2D eigenvalue weighted by Crippen LogP contribution is 2.42. The van der Waals surface area contributed by atoms with E-state index in [9.17, 15) is 0 Å². The summed E-state index contributed by atoms with van der Waals surface area (Å²) in [6.45, 7) is 9.26. The number of hydrogen-bond donors (Lipinski definition) is 0. The van der Waals surface area contributed by atoms with Gasteiger partial charge in [0.2, 0.25) is 11.8 Å². The van der Waals surface area contributed by atoms with Crippen LogP contribution in [-0.4, -0.2) is 54.7 Å². The van der Waals surface area contributed by atoms with Crippen molar-refractivity contribution in [3.63, 3.8) is 0 Å². The number of rotatable bonds is 5. The van der Waals surface area contributed by atoms with Crippen molar-refractivity contribution in [3.05, 3.63) is 24.9 Å². The van der Waals surface area contributed by atoms with Crippen molar-refractivity contribution in [3.8, 4) is 5.88 Å². The molecule has 0 amide bonds. The zero-order valence-corrected chi connectivity index (χ0v) is 12.8. The molecular weight excluding hydrogens is 264 g/mol. The lowest BCUT2D eigenvalue weighted by Crippen LogP contribution is -2.51. The van der Waals surface area contributed by atoms with Crippen LogP contribution >= 0.6 is 0 Å². The lowest BCUT2D eigenvalue weighted by Gasteiger charge is -2.45. The summed E-state index contributed by atoms with van der Waals surface area (Å²) >= 11 is 0. The minimum Gasteiger partial charge on any atom is -0.481 e. The topological polar surface area (TPSA) is 41.5 Å². The van der Waals surface area contributed by atoms with Crippen LogP contribution in [0, 0.1) is 5.41 Å². The molecule has 0 atom stereocenters. The Balaban J connectivity index is 1.56. The van der Waals surface area contributed by atoms with Crippen LogP contribution in [0.5, 0.6) is 5.88 Å². The molecule has 2 aliphatic rings. The van der Waals surface area contributed by atoms with Crippen LogP contribution in [-0.2, 0) is 0 Å². The number of ether oxygens (including phenoxy) is 1. The fourth-order valence-corrected chi connectivity index (χ4v) is 3.21. The summed E-state index contributed by atoms with van der Waals surface area (Å²) in [5.74, 6) is 1.40. The number of piperazine rings is 1. The van der Waals surface area contributed by atoms with Crippen LogP contribution in [0.25, 0.3) is 0 Å². The van der Waals surface area contributed by atoms with E-state index in [1.165, 1.54) is 19.3 Å². The van der Waals surface area contributed by atoms with E-state index in [0.717, 1.165) is 38.7 Å². The SMILES string of the molecule is C=CC1(CN2CCN(c3nccc(OC)n3)CC2)CCC1. The van der Waals surface area contributed by atoms with E-state index in [0.29, 0.717) is 11.3 Å². The largest absolute Gasteiger partial charge is 0.481 e. The van der Waals surface area contributed by atoms with Gasteiger partial charge in [-0.05, 0) is 12.8 Å². The predicted molar refractivity (Wildman–Crippen MR) is 83.7 cm³/mol. The molecule has 0 unspecified atom stereocenters. The van der Waals surface area contributed by atoms with E-state index in [-0.39, 0.29) is 0 Å². The molecule has 5 heteroatoms. The highest BCUT2D eigenvalue weighted by atomic mass is 16.5. The summed E-state index contributed by atoms with van der Waals surface area (Å²) in [5, 5.41) is 0. The summed E-state index contributed by atoms with van der Waals surface area (Å²) < 4.78 is 5.17. The molecule has 21 heavy (non-hydrogen) atoms. The Hall–Kier alpha value is -1.62. The molecule has 0 aromatic carbocycles. The highest BCUT2D eigenvalue weighted by Gasteiger charge is 2.36. The minimum absolute atomic E-state index is 0.384. The van der Waals surface area contributed by atoms with Crippen LogP contribution in [0.15, 0.2) is 24.9 Å². The molecule has 0 N–H and O–H groups in total. The Morgan fingerprint density at radius 1 is 1.33 bits per heavy atom. The summed E-state index contributed by atoms with van der Waals surface area (Å²) in [5.41, 5.74) is 0.384. The van der Waals surface area contributed by atoms with Gasteiger partial charge < -0.3 is 9.64 Å². The number of methoxy groups -OCH3 is 1. The molecular formula is C16H24N4O. The molecule has 1 aliphatic heterocycles. The van der Waals surface area contributed by atoms with Crippen LogP contribution in [0.4, 0.5) is 5.95 Å². The van der Waals surface area contributed by atoms with Crippen molar-refractivity contribution in [1.82, 2.24) is 14.9 Å². The summed E-state index contributed by atoms with van der Waals surface area (Å²) in [6, 6.07) is 1.78. The van der Waals surface area contributed by atoms with Crippen molar-refractivity contribution in [1.29, 1.82) is 0 Å². The Kier molecular flexibility index (Phi) is 4.10. The van der Waals surface area contributed by atoms with Gasteiger partial charge in [-0.3, -0.25) is 4.90 Å². The maximum absolute atomic E-state index is 5.17. The molecule has 3 rings (SSSR count). The first-order valence-electron chi connectivity index (χ1n) is 7.73. The van der Waals surface area contributed by atoms with Crippen LogP contribution in [0.1, 0.15) is 19.3 Å². The third-order valence-corrected chi connectivity index (χ3v) is 4.80. The first-order chi connectivity index (χ1) is 10.2. The zero-order chi connectivity index (χ0) is 14.7. The Bertz CT molecular complexity index is 493. The standard InChI is InChI=1S/C16H24N4O/c1-3-16(6-4-7-16)13-19-9-11-20(12-10-19)15-17-8-5-14(18-15)21-2/h3,5,8H,1,4,6-7,9-13H2,2H3. The maximum Gasteiger partial charge on any atom is 0.228 e. The Labute approximate surface area is 126 Å². The number of aromatic nitrogens is 2.